The molecular weight excluding hydrogens is 222 g/mol. The highest BCUT2D eigenvalue weighted by Crippen LogP contribution is 2.13. The molecule has 0 heterocycles. The van der Waals surface area contributed by atoms with Crippen LogP contribution in [0.2, 0.25) is 0 Å². The van der Waals surface area contributed by atoms with Crippen LogP contribution < -0.4 is 0 Å². The number of thioether (sulfide) groups is 1. The molecule has 0 spiro atoms. The average molecular weight is 247 g/mol. The fraction of sp³-hybridized carbons (Fsp3) is 0.917. The van der Waals surface area contributed by atoms with E-state index in [9.17, 15) is 4.79 Å². The molecule has 2 atom stereocenters. The first-order valence-corrected chi connectivity index (χ1v) is 7.35. The van der Waals surface area contributed by atoms with E-state index in [4.69, 9.17) is 4.74 Å². The van der Waals surface area contributed by atoms with Crippen LogP contribution in [-0.2, 0) is 9.53 Å². The van der Waals surface area contributed by atoms with Gasteiger partial charge in [0.05, 0.1) is 6.61 Å². The summed E-state index contributed by atoms with van der Waals surface area (Å²) in [4.78, 5) is 13.9. The van der Waals surface area contributed by atoms with Gasteiger partial charge in [0.2, 0.25) is 0 Å². The van der Waals surface area contributed by atoms with Gasteiger partial charge >= 0.3 is 5.97 Å². The van der Waals surface area contributed by atoms with E-state index in [1.165, 1.54) is 0 Å². The predicted octanol–water partition coefficient (Wildman–Crippen LogP) is 2.40. The Morgan fingerprint density at radius 1 is 1.44 bits per heavy atom. The Kier molecular flexibility index (Phi) is 8.76. The Bertz CT molecular complexity index is 199. The topological polar surface area (TPSA) is 29.5 Å². The Labute approximate surface area is 104 Å². The molecule has 16 heavy (non-hydrogen) atoms. The van der Waals surface area contributed by atoms with Crippen molar-refractivity contribution < 1.29 is 9.53 Å². The molecule has 0 saturated heterocycles. The van der Waals surface area contributed by atoms with Crippen LogP contribution in [0, 0.1) is 0 Å². The second-order valence-corrected chi connectivity index (χ2v) is 4.94. The lowest BCUT2D eigenvalue weighted by Gasteiger charge is -2.31. The molecule has 0 amide bonds. The number of likely N-dealkylation sites (N-methyl/N-ethyl adjacent to an activating group) is 1. The highest BCUT2D eigenvalue weighted by atomic mass is 32.2. The van der Waals surface area contributed by atoms with Gasteiger partial charge in [-0.3, -0.25) is 9.69 Å². The van der Waals surface area contributed by atoms with Crippen molar-refractivity contribution in [3.63, 3.8) is 0 Å². The van der Waals surface area contributed by atoms with Crippen LogP contribution in [0.15, 0.2) is 0 Å². The maximum atomic E-state index is 11.8. The highest BCUT2D eigenvalue weighted by Gasteiger charge is 2.26. The van der Waals surface area contributed by atoms with Gasteiger partial charge in [0, 0.05) is 11.8 Å². The fourth-order valence-electron chi connectivity index (χ4n) is 1.67. The second kappa shape index (κ2) is 8.88. The van der Waals surface area contributed by atoms with E-state index in [-0.39, 0.29) is 12.0 Å². The number of carbonyl (C=O) groups excluding carboxylic acids is 1. The SMILES string of the molecule is CCCC(C(=O)OCC)N(C)C(C)CSC. The van der Waals surface area contributed by atoms with Crippen LogP contribution in [0.25, 0.3) is 0 Å². The maximum absolute atomic E-state index is 11.8. The Morgan fingerprint density at radius 2 is 2.06 bits per heavy atom. The maximum Gasteiger partial charge on any atom is 0.323 e. The highest BCUT2D eigenvalue weighted by molar-refractivity contribution is 7.98. The van der Waals surface area contributed by atoms with E-state index < -0.39 is 0 Å². The summed E-state index contributed by atoms with van der Waals surface area (Å²) in [6, 6.07) is 0.308. The van der Waals surface area contributed by atoms with Gasteiger partial charge in [-0.05, 0) is 33.6 Å². The van der Waals surface area contributed by atoms with Crippen molar-refractivity contribution in [2.75, 3.05) is 25.7 Å². The number of esters is 1. The molecule has 96 valence electrons. The molecule has 0 bridgehead atoms. The molecule has 0 rings (SSSR count). The van der Waals surface area contributed by atoms with Gasteiger partial charge in [0.15, 0.2) is 0 Å². The lowest BCUT2D eigenvalue weighted by molar-refractivity contribution is -0.150. The summed E-state index contributed by atoms with van der Waals surface area (Å²) >= 11 is 1.80. The van der Waals surface area contributed by atoms with Crippen LogP contribution in [0.3, 0.4) is 0 Å². The number of rotatable bonds is 8. The summed E-state index contributed by atoms with van der Waals surface area (Å²) < 4.78 is 5.12. The van der Waals surface area contributed by atoms with E-state index in [1.807, 2.05) is 14.0 Å². The fourth-order valence-corrected chi connectivity index (χ4v) is 2.38. The molecule has 0 saturated carbocycles. The van der Waals surface area contributed by atoms with Crippen LogP contribution in [0.1, 0.15) is 33.6 Å². The summed E-state index contributed by atoms with van der Waals surface area (Å²) in [5.41, 5.74) is 0. The summed E-state index contributed by atoms with van der Waals surface area (Å²) in [6.07, 6.45) is 3.96. The Balaban J connectivity index is 4.43. The van der Waals surface area contributed by atoms with Crippen LogP contribution in [0.4, 0.5) is 0 Å². The number of nitrogens with zero attached hydrogens (tertiary/aromatic N) is 1. The lowest BCUT2D eigenvalue weighted by atomic mass is 10.1. The van der Waals surface area contributed by atoms with Gasteiger partial charge in [-0.2, -0.15) is 11.8 Å². The van der Waals surface area contributed by atoms with Gasteiger partial charge in [-0.25, -0.2) is 0 Å². The molecule has 2 unspecified atom stereocenters. The normalized spacial score (nSPS) is 14.9. The molecule has 0 aliphatic rings. The minimum absolute atomic E-state index is 0.0835. The molecule has 0 aromatic heterocycles. The zero-order chi connectivity index (χ0) is 12.6. The van der Waals surface area contributed by atoms with Crippen LogP contribution >= 0.6 is 11.8 Å². The second-order valence-electron chi connectivity index (χ2n) is 4.03. The summed E-state index contributed by atoms with van der Waals surface area (Å²) in [6.45, 7) is 6.56. The van der Waals surface area contributed by atoms with Crippen molar-refractivity contribution in [2.45, 2.75) is 45.7 Å². The van der Waals surface area contributed by atoms with Gasteiger partial charge in [0.1, 0.15) is 6.04 Å². The lowest BCUT2D eigenvalue weighted by Crippen LogP contribution is -2.45. The Hall–Kier alpha value is -0.220. The van der Waals surface area contributed by atoms with Crippen molar-refractivity contribution in [1.82, 2.24) is 4.90 Å². The summed E-state index contributed by atoms with van der Waals surface area (Å²) in [5.74, 6) is 0.954. The molecule has 0 aliphatic heterocycles. The van der Waals surface area contributed by atoms with Crippen molar-refractivity contribution in [3.05, 3.63) is 0 Å². The summed E-state index contributed by atoms with van der Waals surface area (Å²) in [7, 11) is 2.01. The smallest absolute Gasteiger partial charge is 0.323 e. The molecule has 0 aliphatic carbocycles. The molecule has 0 aromatic carbocycles. The van der Waals surface area contributed by atoms with E-state index in [0.29, 0.717) is 12.6 Å². The van der Waals surface area contributed by atoms with Gasteiger partial charge in [-0.1, -0.05) is 13.3 Å². The predicted molar refractivity (Wildman–Crippen MR) is 70.9 cm³/mol. The first-order valence-electron chi connectivity index (χ1n) is 5.95. The van der Waals surface area contributed by atoms with E-state index >= 15 is 0 Å². The first kappa shape index (κ1) is 15.8. The minimum Gasteiger partial charge on any atom is -0.465 e. The third-order valence-electron chi connectivity index (χ3n) is 2.72. The van der Waals surface area contributed by atoms with Gasteiger partial charge in [-0.15, -0.1) is 0 Å². The molecule has 0 fully saturated rings. The zero-order valence-corrected chi connectivity index (χ0v) is 12.0. The molecule has 0 radical (unpaired) electrons. The molecule has 3 nitrogen and oxygen atoms in total. The van der Waals surface area contributed by atoms with Gasteiger partial charge in [0.25, 0.3) is 0 Å². The average Bonchev–Trinajstić information content (AvgIpc) is 2.25. The number of carbonyl (C=O) groups is 1. The number of hydrogen-bond donors (Lipinski definition) is 0. The Morgan fingerprint density at radius 3 is 2.50 bits per heavy atom. The van der Waals surface area contributed by atoms with Crippen LogP contribution in [-0.4, -0.2) is 48.6 Å². The zero-order valence-electron chi connectivity index (χ0n) is 11.2. The number of hydrogen-bond acceptors (Lipinski definition) is 4. The van der Waals surface area contributed by atoms with Crippen molar-refractivity contribution >= 4 is 17.7 Å². The minimum atomic E-state index is -0.0906. The molecule has 0 aromatic rings. The standard InChI is InChI=1S/C12H25NO2S/c1-6-8-11(12(14)15-7-2)13(4)10(3)9-16-5/h10-11H,6-9H2,1-5H3. The van der Waals surface area contributed by atoms with Crippen molar-refractivity contribution in [1.29, 1.82) is 0 Å². The van der Waals surface area contributed by atoms with Crippen molar-refractivity contribution in [3.8, 4) is 0 Å². The molecule has 0 N–H and O–H groups in total. The molecule has 4 heteroatoms. The summed E-state index contributed by atoms with van der Waals surface area (Å²) in [5, 5.41) is 0. The van der Waals surface area contributed by atoms with E-state index in [2.05, 4.69) is 25.0 Å². The number of ether oxygens (including phenoxy) is 1. The first-order chi connectivity index (χ1) is 7.58. The largest absolute Gasteiger partial charge is 0.465 e. The molecular formula is C12H25NO2S. The van der Waals surface area contributed by atoms with Gasteiger partial charge < -0.3 is 4.74 Å². The quantitative estimate of drug-likeness (QED) is 0.616. The van der Waals surface area contributed by atoms with Crippen molar-refractivity contribution in [2.24, 2.45) is 0 Å². The third-order valence-corrected chi connectivity index (χ3v) is 3.53. The monoisotopic (exact) mass is 247 g/mol. The van der Waals surface area contributed by atoms with E-state index in [0.717, 1.165) is 18.6 Å². The van der Waals surface area contributed by atoms with E-state index in [1.54, 1.807) is 11.8 Å². The van der Waals surface area contributed by atoms with Crippen LogP contribution in [0.5, 0.6) is 0 Å². The third kappa shape index (κ3) is 5.21.